The second-order valence-corrected chi connectivity index (χ2v) is 4.61. The van der Waals surface area contributed by atoms with E-state index < -0.39 is 5.97 Å². The summed E-state index contributed by atoms with van der Waals surface area (Å²) in [6.45, 7) is 1.66. The smallest absolute Gasteiger partial charge is 0.335 e. The van der Waals surface area contributed by atoms with Crippen LogP contribution < -0.4 is 0 Å². The molecule has 1 atom stereocenters. The van der Waals surface area contributed by atoms with Crippen molar-refractivity contribution >= 4 is 5.97 Å². The Morgan fingerprint density at radius 2 is 2.11 bits per heavy atom. The fraction of sp³-hybridized carbons (Fsp3) is 0.429. The minimum atomic E-state index is -0.908. The summed E-state index contributed by atoms with van der Waals surface area (Å²) in [6.07, 6.45) is 3.18. The second kappa shape index (κ2) is 5.65. The molecule has 1 heterocycles. The lowest BCUT2D eigenvalue weighted by molar-refractivity contribution is 0.0697. The van der Waals surface area contributed by atoms with Gasteiger partial charge in [-0.1, -0.05) is 12.1 Å². The van der Waals surface area contributed by atoms with Crippen molar-refractivity contribution in [2.45, 2.75) is 31.8 Å². The molecule has 2 rings (SSSR count). The fourth-order valence-corrected chi connectivity index (χ4v) is 2.31. The molecule has 0 bridgehead atoms. The van der Waals surface area contributed by atoms with E-state index in [1.54, 1.807) is 12.1 Å². The minimum absolute atomic E-state index is 0.00194. The van der Waals surface area contributed by atoms with Gasteiger partial charge in [0.15, 0.2) is 0 Å². The molecular formula is C14H16N2O2. The van der Waals surface area contributed by atoms with Gasteiger partial charge in [-0.15, -0.1) is 0 Å². The van der Waals surface area contributed by atoms with Gasteiger partial charge in [-0.3, -0.25) is 4.90 Å². The molecule has 0 spiro atoms. The number of piperidine rings is 1. The Bertz CT molecular complexity index is 462. The molecular weight excluding hydrogens is 228 g/mol. The Kier molecular flexibility index (Phi) is 3.96. The van der Waals surface area contributed by atoms with Gasteiger partial charge >= 0.3 is 5.97 Å². The number of nitriles is 1. The first-order valence-corrected chi connectivity index (χ1v) is 6.16. The van der Waals surface area contributed by atoms with Crippen LogP contribution in [0, 0.1) is 11.3 Å². The van der Waals surface area contributed by atoms with E-state index in [1.807, 2.05) is 12.1 Å². The number of rotatable bonds is 3. The lowest BCUT2D eigenvalue weighted by Gasteiger charge is -2.31. The van der Waals surface area contributed by atoms with Gasteiger partial charge in [-0.05, 0) is 43.5 Å². The Hall–Kier alpha value is -1.86. The first-order valence-electron chi connectivity index (χ1n) is 6.16. The number of carboxylic acid groups (broad SMARTS) is 1. The molecule has 18 heavy (non-hydrogen) atoms. The van der Waals surface area contributed by atoms with Crippen molar-refractivity contribution in [1.82, 2.24) is 4.90 Å². The number of benzene rings is 1. The molecule has 4 nitrogen and oxygen atoms in total. The topological polar surface area (TPSA) is 64.3 Å². The van der Waals surface area contributed by atoms with Crippen LogP contribution in [0.4, 0.5) is 0 Å². The van der Waals surface area contributed by atoms with Crippen LogP contribution in [0.1, 0.15) is 35.2 Å². The van der Waals surface area contributed by atoms with Crippen molar-refractivity contribution in [3.8, 4) is 6.07 Å². The van der Waals surface area contributed by atoms with Crippen LogP contribution in [0.3, 0.4) is 0 Å². The highest BCUT2D eigenvalue weighted by Gasteiger charge is 2.21. The third-order valence-electron chi connectivity index (χ3n) is 3.35. The quantitative estimate of drug-likeness (QED) is 0.885. The molecule has 94 valence electrons. The van der Waals surface area contributed by atoms with E-state index in [1.165, 1.54) is 0 Å². The molecule has 0 radical (unpaired) electrons. The highest BCUT2D eigenvalue weighted by atomic mass is 16.4. The third kappa shape index (κ3) is 2.88. The van der Waals surface area contributed by atoms with Gasteiger partial charge in [0.1, 0.15) is 0 Å². The Labute approximate surface area is 106 Å². The van der Waals surface area contributed by atoms with Crippen LogP contribution in [-0.4, -0.2) is 28.6 Å². The minimum Gasteiger partial charge on any atom is -0.478 e. The van der Waals surface area contributed by atoms with Gasteiger partial charge in [0.2, 0.25) is 0 Å². The summed E-state index contributed by atoms with van der Waals surface area (Å²) in [6, 6.07) is 9.21. The molecule has 0 saturated carbocycles. The zero-order chi connectivity index (χ0) is 13.0. The van der Waals surface area contributed by atoms with Crippen molar-refractivity contribution in [1.29, 1.82) is 5.26 Å². The molecule has 0 aliphatic carbocycles. The number of aromatic carboxylic acids is 1. The van der Waals surface area contributed by atoms with E-state index >= 15 is 0 Å². The summed E-state index contributed by atoms with van der Waals surface area (Å²) < 4.78 is 0. The van der Waals surface area contributed by atoms with Crippen molar-refractivity contribution in [2.75, 3.05) is 6.54 Å². The molecule has 0 aromatic heterocycles. The first-order chi connectivity index (χ1) is 8.70. The molecule has 1 saturated heterocycles. The third-order valence-corrected chi connectivity index (χ3v) is 3.35. The van der Waals surface area contributed by atoms with Crippen LogP contribution in [-0.2, 0) is 6.54 Å². The van der Waals surface area contributed by atoms with Crippen LogP contribution in [0.25, 0.3) is 0 Å². The average molecular weight is 244 g/mol. The lowest BCUT2D eigenvalue weighted by atomic mass is 10.0. The highest BCUT2D eigenvalue weighted by molar-refractivity contribution is 5.87. The Morgan fingerprint density at radius 1 is 1.39 bits per heavy atom. The first kappa shape index (κ1) is 12.6. The monoisotopic (exact) mass is 244 g/mol. The van der Waals surface area contributed by atoms with E-state index in [9.17, 15) is 4.79 Å². The summed E-state index contributed by atoms with van der Waals surface area (Å²) in [5.74, 6) is -0.908. The number of carbonyl (C=O) groups is 1. The summed E-state index contributed by atoms with van der Waals surface area (Å²) in [5, 5.41) is 17.9. The Balaban J connectivity index is 2.04. The maximum Gasteiger partial charge on any atom is 0.335 e. The van der Waals surface area contributed by atoms with Gasteiger partial charge in [-0.2, -0.15) is 5.26 Å². The molecule has 1 aromatic carbocycles. The van der Waals surface area contributed by atoms with Crippen LogP contribution in [0.2, 0.25) is 0 Å². The largest absolute Gasteiger partial charge is 0.478 e. The zero-order valence-corrected chi connectivity index (χ0v) is 10.2. The summed E-state index contributed by atoms with van der Waals surface area (Å²) >= 11 is 0. The van der Waals surface area contributed by atoms with Gasteiger partial charge in [0.25, 0.3) is 0 Å². The van der Waals surface area contributed by atoms with Crippen LogP contribution >= 0.6 is 0 Å². The number of likely N-dealkylation sites (tertiary alicyclic amines) is 1. The number of hydrogen-bond donors (Lipinski definition) is 1. The number of hydrogen-bond acceptors (Lipinski definition) is 3. The van der Waals surface area contributed by atoms with Crippen molar-refractivity contribution in [3.63, 3.8) is 0 Å². The normalized spacial score (nSPS) is 20.3. The maximum atomic E-state index is 10.7. The molecule has 0 amide bonds. The van der Waals surface area contributed by atoms with E-state index in [0.29, 0.717) is 5.56 Å². The number of nitrogens with zero attached hydrogens (tertiary/aromatic N) is 2. The summed E-state index contributed by atoms with van der Waals surface area (Å²) in [7, 11) is 0. The predicted molar refractivity (Wildman–Crippen MR) is 67.1 cm³/mol. The maximum absolute atomic E-state index is 10.7. The Morgan fingerprint density at radius 3 is 2.72 bits per heavy atom. The van der Waals surface area contributed by atoms with Crippen molar-refractivity contribution in [2.24, 2.45) is 0 Å². The molecule has 1 aliphatic rings. The number of carboxylic acids is 1. The van der Waals surface area contributed by atoms with Gasteiger partial charge in [0, 0.05) is 6.54 Å². The zero-order valence-electron chi connectivity index (χ0n) is 10.2. The molecule has 1 aromatic rings. The molecule has 1 aliphatic heterocycles. The summed E-state index contributed by atoms with van der Waals surface area (Å²) in [5.41, 5.74) is 1.36. The van der Waals surface area contributed by atoms with Crippen LogP contribution in [0.5, 0.6) is 0 Å². The van der Waals surface area contributed by atoms with Crippen molar-refractivity contribution < 1.29 is 9.90 Å². The molecule has 4 heteroatoms. The van der Waals surface area contributed by atoms with E-state index in [2.05, 4.69) is 11.0 Å². The standard InChI is InChI=1S/C14H16N2O2/c15-9-13-3-1-2-8-16(13)10-11-4-6-12(7-5-11)14(17)18/h4-7,13H,1-3,8,10H2,(H,17,18). The van der Waals surface area contributed by atoms with E-state index in [0.717, 1.165) is 37.9 Å². The summed E-state index contributed by atoms with van der Waals surface area (Å²) in [4.78, 5) is 12.9. The van der Waals surface area contributed by atoms with Gasteiger partial charge in [0.05, 0.1) is 17.7 Å². The highest BCUT2D eigenvalue weighted by Crippen LogP contribution is 2.19. The van der Waals surface area contributed by atoms with Gasteiger partial charge in [-0.25, -0.2) is 4.79 Å². The van der Waals surface area contributed by atoms with Crippen molar-refractivity contribution in [3.05, 3.63) is 35.4 Å². The molecule has 1 fully saturated rings. The average Bonchev–Trinajstić information content (AvgIpc) is 2.40. The molecule has 1 unspecified atom stereocenters. The van der Waals surface area contributed by atoms with Gasteiger partial charge < -0.3 is 5.11 Å². The lowest BCUT2D eigenvalue weighted by Crippen LogP contribution is -2.37. The van der Waals surface area contributed by atoms with E-state index in [-0.39, 0.29) is 6.04 Å². The van der Waals surface area contributed by atoms with Crippen LogP contribution in [0.15, 0.2) is 24.3 Å². The molecule has 1 N–H and O–H groups in total. The van der Waals surface area contributed by atoms with E-state index in [4.69, 9.17) is 10.4 Å². The predicted octanol–water partition coefficient (Wildman–Crippen LogP) is 2.26. The SMILES string of the molecule is N#CC1CCCCN1Cc1ccc(C(=O)O)cc1. The second-order valence-electron chi connectivity index (χ2n) is 4.61. The fourth-order valence-electron chi connectivity index (χ4n) is 2.31.